The van der Waals surface area contributed by atoms with Gasteiger partial charge in [-0.25, -0.2) is 0 Å². The molecule has 0 saturated carbocycles. The van der Waals surface area contributed by atoms with Crippen LogP contribution in [0.25, 0.3) is 0 Å². The fraction of sp³-hybridized carbons (Fsp3) is 0.500. The SMILES string of the molecule is CC(C)(C)CC(=O)Nc1ccc2c(c1Cl)CCN2C(=O)C(F)(F)F. The van der Waals surface area contributed by atoms with E-state index in [1.54, 1.807) is 0 Å². The summed E-state index contributed by atoms with van der Waals surface area (Å²) in [6.07, 6.45) is -4.45. The number of carbonyl (C=O) groups is 2. The van der Waals surface area contributed by atoms with Gasteiger partial charge in [0, 0.05) is 18.7 Å². The standard InChI is InChI=1S/C16H18ClF3N2O2/c1-15(2,3)8-12(23)21-10-4-5-11-9(13(10)17)6-7-22(11)14(24)16(18,19)20/h4-5H,6-8H2,1-3H3,(H,21,23). The Morgan fingerprint density at radius 3 is 2.42 bits per heavy atom. The van der Waals surface area contributed by atoms with Gasteiger partial charge in [-0.05, 0) is 29.5 Å². The van der Waals surface area contributed by atoms with Gasteiger partial charge in [0.1, 0.15) is 0 Å². The van der Waals surface area contributed by atoms with Gasteiger partial charge in [0.05, 0.1) is 10.7 Å². The van der Waals surface area contributed by atoms with Crippen LogP contribution in [0.2, 0.25) is 5.02 Å². The Labute approximate surface area is 143 Å². The Balaban J connectivity index is 2.24. The fourth-order valence-corrected chi connectivity index (χ4v) is 2.88. The summed E-state index contributed by atoms with van der Waals surface area (Å²) in [5.74, 6) is -2.15. The molecule has 0 fully saturated rings. The molecule has 8 heteroatoms. The Kier molecular flexibility index (Phi) is 4.86. The Morgan fingerprint density at radius 2 is 1.88 bits per heavy atom. The number of nitrogens with zero attached hydrogens (tertiary/aromatic N) is 1. The van der Waals surface area contributed by atoms with E-state index in [4.69, 9.17) is 11.6 Å². The molecule has 0 bridgehead atoms. The number of hydrogen-bond donors (Lipinski definition) is 1. The highest BCUT2D eigenvalue weighted by atomic mass is 35.5. The second-order valence-corrected chi connectivity index (χ2v) is 7.29. The molecule has 1 aromatic carbocycles. The molecule has 4 nitrogen and oxygen atoms in total. The van der Waals surface area contributed by atoms with Crippen LogP contribution in [-0.4, -0.2) is 24.5 Å². The van der Waals surface area contributed by atoms with Crippen molar-refractivity contribution in [3.8, 4) is 0 Å². The normalized spacial score (nSPS) is 14.5. The third-order valence-corrected chi connectivity index (χ3v) is 3.98. The van der Waals surface area contributed by atoms with E-state index in [2.05, 4.69) is 5.32 Å². The summed E-state index contributed by atoms with van der Waals surface area (Å²) in [7, 11) is 0. The summed E-state index contributed by atoms with van der Waals surface area (Å²) < 4.78 is 37.9. The second kappa shape index (κ2) is 6.27. The molecule has 1 N–H and O–H groups in total. The molecule has 1 aromatic rings. The van der Waals surface area contributed by atoms with Crippen molar-refractivity contribution >= 4 is 34.8 Å². The predicted octanol–water partition coefficient (Wildman–Crippen LogP) is 4.17. The van der Waals surface area contributed by atoms with Gasteiger partial charge in [-0.3, -0.25) is 9.59 Å². The Bertz CT molecular complexity index is 681. The van der Waals surface area contributed by atoms with E-state index < -0.39 is 12.1 Å². The third kappa shape index (κ3) is 4.01. The van der Waals surface area contributed by atoms with Gasteiger partial charge in [-0.2, -0.15) is 13.2 Å². The van der Waals surface area contributed by atoms with Crippen LogP contribution in [0.1, 0.15) is 32.8 Å². The molecule has 0 unspecified atom stereocenters. The van der Waals surface area contributed by atoms with Crippen molar-refractivity contribution < 1.29 is 22.8 Å². The molecule has 2 amide bonds. The number of rotatable bonds is 2. The first kappa shape index (κ1) is 18.6. The van der Waals surface area contributed by atoms with Crippen LogP contribution in [0, 0.1) is 5.41 Å². The van der Waals surface area contributed by atoms with Crippen molar-refractivity contribution in [2.45, 2.75) is 39.8 Å². The number of fused-ring (bicyclic) bond motifs is 1. The lowest BCUT2D eigenvalue weighted by atomic mass is 9.92. The summed E-state index contributed by atoms with van der Waals surface area (Å²) >= 11 is 6.22. The minimum absolute atomic E-state index is 0.0905. The topological polar surface area (TPSA) is 49.4 Å². The van der Waals surface area contributed by atoms with Crippen LogP contribution in [0.4, 0.5) is 24.5 Å². The van der Waals surface area contributed by atoms with Gasteiger partial charge >= 0.3 is 12.1 Å². The Morgan fingerprint density at radius 1 is 1.25 bits per heavy atom. The zero-order valence-corrected chi connectivity index (χ0v) is 14.3. The number of carbonyl (C=O) groups excluding carboxylic acids is 2. The van der Waals surface area contributed by atoms with Crippen molar-refractivity contribution in [1.29, 1.82) is 0 Å². The van der Waals surface area contributed by atoms with E-state index in [9.17, 15) is 22.8 Å². The van der Waals surface area contributed by atoms with Gasteiger partial charge in [0.15, 0.2) is 0 Å². The second-order valence-electron chi connectivity index (χ2n) is 6.91. The number of nitrogens with one attached hydrogen (secondary N) is 1. The van der Waals surface area contributed by atoms with Crippen molar-refractivity contribution in [2.75, 3.05) is 16.8 Å². The van der Waals surface area contributed by atoms with E-state index >= 15 is 0 Å². The molecule has 24 heavy (non-hydrogen) atoms. The fourth-order valence-electron chi connectivity index (χ4n) is 2.58. The summed E-state index contributed by atoms with van der Waals surface area (Å²) in [6, 6.07) is 2.80. The number of alkyl halides is 3. The zero-order chi connectivity index (χ0) is 18.3. The smallest absolute Gasteiger partial charge is 0.325 e. The maximum Gasteiger partial charge on any atom is 0.471 e. The van der Waals surface area contributed by atoms with Crippen molar-refractivity contribution in [2.24, 2.45) is 5.41 Å². The summed E-state index contributed by atoms with van der Waals surface area (Å²) in [5.41, 5.74) is 0.702. The highest BCUT2D eigenvalue weighted by Crippen LogP contribution is 2.39. The van der Waals surface area contributed by atoms with Crippen LogP contribution in [-0.2, 0) is 16.0 Å². The van der Waals surface area contributed by atoms with Gasteiger partial charge in [0.2, 0.25) is 5.91 Å². The molecule has 2 rings (SSSR count). The molecule has 0 saturated heterocycles. The minimum atomic E-state index is -4.94. The molecule has 1 aliphatic heterocycles. The van der Waals surface area contributed by atoms with Crippen molar-refractivity contribution in [3.05, 3.63) is 22.7 Å². The van der Waals surface area contributed by atoms with E-state index in [1.165, 1.54) is 12.1 Å². The van der Waals surface area contributed by atoms with Crippen LogP contribution < -0.4 is 10.2 Å². The van der Waals surface area contributed by atoms with E-state index in [-0.39, 0.29) is 41.4 Å². The molecular weight excluding hydrogens is 345 g/mol. The average molecular weight is 363 g/mol. The summed E-state index contributed by atoms with van der Waals surface area (Å²) in [4.78, 5) is 24.1. The molecule has 1 aliphatic rings. The van der Waals surface area contributed by atoms with Gasteiger partial charge in [0.25, 0.3) is 0 Å². The predicted molar refractivity (Wildman–Crippen MR) is 86.3 cm³/mol. The summed E-state index contributed by atoms with van der Waals surface area (Å²) in [6.45, 7) is 5.65. The maximum atomic E-state index is 12.6. The van der Waals surface area contributed by atoms with E-state index in [0.29, 0.717) is 16.2 Å². The van der Waals surface area contributed by atoms with Crippen LogP contribution in [0.3, 0.4) is 0 Å². The molecule has 0 aromatic heterocycles. The van der Waals surface area contributed by atoms with Crippen LogP contribution >= 0.6 is 11.6 Å². The first-order chi connectivity index (χ1) is 10.9. The molecule has 0 spiro atoms. The lowest BCUT2D eigenvalue weighted by Gasteiger charge is -2.20. The first-order valence-corrected chi connectivity index (χ1v) is 7.78. The van der Waals surface area contributed by atoms with E-state index in [0.717, 1.165) is 0 Å². The number of hydrogen-bond acceptors (Lipinski definition) is 2. The van der Waals surface area contributed by atoms with Crippen LogP contribution in [0.15, 0.2) is 12.1 Å². The molecule has 132 valence electrons. The number of anilines is 2. The highest BCUT2D eigenvalue weighted by Gasteiger charge is 2.45. The lowest BCUT2D eigenvalue weighted by Crippen LogP contribution is -2.40. The molecule has 0 atom stereocenters. The minimum Gasteiger partial charge on any atom is -0.325 e. The van der Waals surface area contributed by atoms with Gasteiger partial charge in [-0.15, -0.1) is 0 Å². The maximum absolute atomic E-state index is 12.6. The largest absolute Gasteiger partial charge is 0.471 e. The zero-order valence-electron chi connectivity index (χ0n) is 13.6. The van der Waals surface area contributed by atoms with Crippen molar-refractivity contribution in [1.82, 2.24) is 0 Å². The molecule has 0 aliphatic carbocycles. The highest BCUT2D eigenvalue weighted by molar-refractivity contribution is 6.35. The van der Waals surface area contributed by atoms with Gasteiger partial charge in [-0.1, -0.05) is 32.4 Å². The van der Waals surface area contributed by atoms with Crippen LogP contribution in [0.5, 0.6) is 0 Å². The van der Waals surface area contributed by atoms with Gasteiger partial charge < -0.3 is 10.2 Å². The average Bonchev–Trinajstić information content (AvgIpc) is 2.82. The Hall–Kier alpha value is -1.76. The third-order valence-electron chi connectivity index (χ3n) is 3.55. The van der Waals surface area contributed by atoms with Crippen molar-refractivity contribution in [3.63, 3.8) is 0 Å². The number of benzene rings is 1. The summed E-state index contributed by atoms with van der Waals surface area (Å²) in [5, 5.41) is 2.85. The molecular formula is C16H18ClF3N2O2. The van der Waals surface area contributed by atoms with E-state index in [1.807, 2.05) is 20.8 Å². The number of amides is 2. The monoisotopic (exact) mass is 362 g/mol. The molecule has 0 radical (unpaired) electrons. The number of halogens is 4. The first-order valence-electron chi connectivity index (χ1n) is 7.40. The quantitative estimate of drug-likeness (QED) is 0.858. The lowest BCUT2D eigenvalue weighted by molar-refractivity contribution is -0.170. The molecule has 1 heterocycles.